The Morgan fingerprint density at radius 2 is 1.68 bits per heavy atom. The largest absolute Gasteiger partial charge is 0.469 e. The molecule has 1 rings (SSSR count). The molecule has 0 aromatic carbocycles. The van der Waals surface area contributed by atoms with Gasteiger partial charge in [-0.25, -0.2) is 4.79 Å². The second kappa shape index (κ2) is 6.73. The number of allylic oxidation sites excluding steroid dienone is 1. The van der Waals surface area contributed by atoms with E-state index in [1.165, 1.54) is 13.2 Å². The van der Waals surface area contributed by atoms with Gasteiger partial charge in [0.05, 0.1) is 13.0 Å². The van der Waals surface area contributed by atoms with E-state index < -0.39 is 5.60 Å². The molecule has 19 heavy (non-hydrogen) atoms. The van der Waals surface area contributed by atoms with Gasteiger partial charge in [0.2, 0.25) is 0 Å². The number of ether oxygens (including phenoxy) is 2. The highest BCUT2D eigenvalue weighted by atomic mass is 16.6. The maximum Gasteiger partial charge on any atom is 0.330 e. The molecular weight excluding hydrogens is 244 g/mol. The monoisotopic (exact) mass is 268 g/mol. The molecule has 0 radical (unpaired) electrons. The number of hydrogen-bond acceptors (Lipinski definition) is 4. The van der Waals surface area contributed by atoms with E-state index >= 15 is 0 Å². The lowest BCUT2D eigenvalue weighted by molar-refractivity contribution is -0.149. The summed E-state index contributed by atoms with van der Waals surface area (Å²) in [5.74, 6) is -0.0400. The molecule has 1 saturated carbocycles. The van der Waals surface area contributed by atoms with E-state index in [2.05, 4.69) is 0 Å². The van der Waals surface area contributed by atoms with Gasteiger partial charge in [-0.15, -0.1) is 0 Å². The van der Waals surface area contributed by atoms with Crippen molar-refractivity contribution in [2.24, 2.45) is 11.8 Å². The number of methoxy groups -OCH3 is 1. The summed E-state index contributed by atoms with van der Waals surface area (Å²) in [5, 5.41) is 0. The van der Waals surface area contributed by atoms with Crippen LogP contribution in [-0.2, 0) is 19.1 Å². The van der Waals surface area contributed by atoms with Crippen LogP contribution in [0.2, 0.25) is 0 Å². The van der Waals surface area contributed by atoms with Gasteiger partial charge in [0.15, 0.2) is 0 Å². The van der Waals surface area contributed by atoms with Gasteiger partial charge in [-0.1, -0.05) is 6.08 Å². The highest BCUT2D eigenvalue weighted by Gasteiger charge is 2.25. The predicted molar refractivity (Wildman–Crippen MR) is 72.4 cm³/mol. The summed E-state index contributed by atoms with van der Waals surface area (Å²) in [7, 11) is 1.43. The molecule has 108 valence electrons. The van der Waals surface area contributed by atoms with Crippen LogP contribution in [0, 0.1) is 11.8 Å². The van der Waals surface area contributed by atoms with Gasteiger partial charge in [0.25, 0.3) is 0 Å². The topological polar surface area (TPSA) is 52.6 Å². The Hall–Kier alpha value is -1.32. The van der Waals surface area contributed by atoms with E-state index in [9.17, 15) is 9.59 Å². The molecular formula is C15H24O4. The van der Waals surface area contributed by atoms with E-state index in [-0.39, 0.29) is 17.9 Å². The molecule has 0 amide bonds. The third-order valence-corrected chi connectivity index (χ3v) is 3.22. The molecule has 0 heterocycles. The lowest BCUT2D eigenvalue weighted by Crippen LogP contribution is -2.23. The molecule has 0 atom stereocenters. The number of rotatable bonds is 3. The highest BCUT2D eigenvalue weighted by molar-refractivity contribution is 5.82. The fourth-order valence-electron chi connectivity index (χ4n) is 2.26. The minimum atomic E-state index is -0.454. The van der Waals surface area contributed by atoms with Crippen molar-refractivity contribution in [2.45, 2.75) is 52.1 Å². The lowest BCUT2D eigenvalue weighted by atomic mass is 9.82. The van der Waals surface area contributed by atoms with Crippen LogP contribution in [0.1, 0.15) is 46.5 Å². The van der Waals surface area contributed by atoms with Gasteiger partial charge in [-0.3, -0.25) is 4.79 Å². The minimum Gasteiger partial charge on any atom is -0.469 e. The third-order valence-electron chi connectivity index (χ3n) is 3.22. The molecule has 1 aliphatic carbocycles. The Kier molecular flexibility index (Phi) is 5.58. The van der Waals surface area contributed by atoms with Crippen LogP contribution in [0.25, 0.3) is 0 Å². The zero-order valence-electron chi connectivity index (χ0n) is 12.3. The van der Waals surface area contributed by atoms with Crippen molar-refractivity contribution in [3.8, 4) is 0 Å². The van der Waals surface area contributed by atoms with E-state index in [0.29, 0.717) is 5.92 Å². The van der Waals surface area contributed by atoms with Crippen LogP contribution in [0.4, 0.5) is 0 Å². The van der Waals surface area contributed by atoms with Crippen molar-refractivity contribution in [3.05, 3.63) is 12.2 Å². The first-order valence-corrected chi connectivity index (χ1v) is 6.81. The van der Waals surface area contributed by atoms with E-state index in [1.807, 2.05) is 26.8 Å². The predicted octanol–water partition coefficient (Wildman–Crippen LogP) is 2.86. The van der Waals surface area contributed by atoms with Crippen LogP contribution in [0.3, 0.4) is 0 Å². The Morgan fingerprint density at radius 3 is 2.16 bits per heavy atom. The van der Waals surface area contributed by atoms with Crippen molar-refractivity contribution in [1.82, 2.24) is 0 Å². The Labute approximate surface area is 115 Å². The number of carbonyl (C=O) groups excluding carboxylic acids is 2. The molecule has 0 aromatic rings. The van der Waals surface area contributed by atoms with Crippen molar-refractivity contribution >= 4 is 11.9 Å². The summed E-state index contributed by atoms with van der Waals surface area (Å²) < 4.78 is 9.95. The Bertz CT molecular complexity index is 344. The first-order chi connectivity index (χ1) is 8.81. The molecule has 1 fully saturated rings. The van der Waals surface area contributed by atoms with Crippen molar-refractivity contribution in [1.29, 1.82) is 0 Å². The Balaban J connectivity index is 2.36. The highest BCUT2D eigenvalue weighted by Crippen LogP contribution is 2.30. The lowest BCUT2D eigenvalue weighted by Gasteiger charge is -2.24. The van der Waals surface area contributed by atoms with Crippen molar-refractivity contribution in [3.63, 3.8) is 0 Å². The molecule has 0 spiro atoms. The molecule has 0 aliphatic heterocycles. The van der Waals surface area contributed by atoms with Crippen molar-refractivity contribution in [2.75, 3.05) is 7.11 Å². The van der Waals surface area contributed by atoms with Gasteiger partial charge in [-0.05, 0) is 52.4 Å². The quantitative estimate of drug-likeness (QED) is 0.583. The second-order valence-electron chi connectivity index (χ2n) is 6.03. The van der Waals surface area contributed by atoms with E-state index in [4.69, 9.17) is 9.47 Å². The average molecular weight is 268 g/mol. The number of carbonyl (C=O) groups is 2. The SMILES string of the molecule is COC(=O)[C@H]1CC[C@H](/C=C/C(=O)OC(C)(C)C)CC1. The van der Waals surface area contributed by atoms with Crippen LogP contribution >= 0.6 is 0 Å². The molecule has 0 saturated heterocycles. The van der Waals surface area contributed by atoms with Gasteiger partial charge >= 0.3 is 11.9 Å². The summed E-state index contributed by atoms with van der Waals surface area (Å²) in [6.45, 7) is 5.54. The maximum absolute atomic E-state index is 11.5. The standard InChI is InChI=1S/C15H24O4/c1-15(2,3)19-13(16)10-7-11-5-8-12(9-6-11)14(17)18-4/h7,10-12H,5-6,8-9H2,1-4H3/b10-7+/t11-,12-. The Morgan fingerprint density at radius 1 is 1.11 bits per heavy atom. The number of hydrogen-bond donors (Lipinski definition) is 0. The van der Waals surface area contributed by atoms with Crippen LogP contribution in [0.15, 0.2) is 12.2 Å². The normalized spacial score (nSPS) is 24.2. The smallest absolute Gasteiger partial charge is 0.330 e. The zero-order chi connectivity index (χ0) is 14.5. The molecule has 4 nitrogen and oxygen atoms in total. The van der Waals surface area contributed by atoms with Gasteiger partial charge < -0.3 is 9.47 Å². The summed E-state index contributed by atoms with van der Waals surface area (Å²) in [6, 6.07) is 0. The minimum absolute atomic E-state index is 0.0242. The van der Waals surface area contributed by atoms with Gasteiger partial charge in [-0.2, -0.15) is 0 Å². The average Bonchev–Trinajstić information content (AvgIpc) is 2.34. The molecule has 1 aliphatic rings. The summed E-state index contributed by atoms with van der Waals surface area (Å²) in [6.07, 6.45) is 6.90. The zero-order valence-corrected chi connectivity index (χ0v) is 12.3. The van der Waals surface area contributed by atoms with Crippen molar-refractivity contribution < 1.29 is 19.1 Å². The third kappa shape index (κ3) is 5.90. The number of esters is 2. The fourth-order valence-corrected chi connectivity index (χ4v) is 2.26. The molecule has 0 bridgehead atoms. The van der Waals surface area contributed by atoms with E-state index in [0.717, 1.165) is 25.7 Å². The first-order valence-electron chi connectivity index (χ1n) is 6.81. The molecule has 0 aromatic heterocycles. The van der Waals surface area contributed by atoms with Gasteiger partial charge in [0, 0.05) is 6.08 Å². The molecule has 0 unspecified atom stereocenters. The summed E-state index contributed by atoms with van der Waals surface area (Å²) >= 11 is 0. The van der Waals surface area contributed by atoms with Crippen LogP contribution in [-0.4, -0.2) is 24.6 Å². The van der Waals surface area contributed by atoms with E-state index in [1.54, 1.807) is 0 Å². The molecule has 4 heteroatoms. The van der Waals surface area contributed by atoms with Gasteiger partial charge in [0.1, 0.15) is 5.60 Å². The molecule has 0 N–H and O–H groups in total. The summed E-state index contributed by atoms with van der Waals surface area (Å²) in [4.78, 5) is 22.9. The van der Waals surface area contributed by atoms with Crippen LogP contribution in [0.5, 0.6) is 0 Å². The van der Waals surface area contributed by atoms with Crippen LogP contribution < -0.4 is 0 Å². The maximum atomic E-state index is 11.5. The fraction of sp³-hybridized carbons (Fsp3) is 0.733. The first kappa shape index (κ1) is 15.7. The summed E-state index contributed by atoms with van der Waals surface area (Å²) in [5.41, 5.74) is -0.454. The second-order valence-corrected chi connectivity index (χ2v) is 6.03.